The van der Waals surface area contributed by atoms with Crippen molar-refractivity contribution in [3.05, 3.63) is 41.9 Å². The van der Waals surface area contributed by atoms with Crippen molar-refractivity contribution in [2.24, 2.45) is 0 Å². The van der Waals surface area contributed by atoms with Gasteiger partial charge in [0, 0.05) is 42.2 Å². The van der Waals surface area contributed by atoms with Gasteiger partial charge in [0.2, 0.25) is 0 Å². The first-order valence-corrected chi connectivity index (χ1v) is 12.2. The lowest BCUT2D eigenvalue weighted by atomic mass is 9.79. The molecule has 0 spiro atoms. The Morgan fingerprint density at radius 1 is 1.00 bits per heavy atom. The second-order valence-electron chi connectivity index (χ2n) is 10.3. The Morgan fingerprint density at radius 2 is 1.73 bits per heavy atom. The zero-order valence-corrected chi connectivity index (χ0v) is 20.8. The molecule has 0 aliphatic carbocycles. The van der Waals surface area contributed by atoms with Crippen LogP contribution in [-0.2, 0) is 0 Å². The molecule has 1 fully saturated rings. The molecule has 4 aromatic rings. The van der Waals surface area contributed by atoms with E-state index in [0.29, 0.717) is 11.9 Å². The predicted octanol–water partition coefficient (Wildman–Crippen LogP) is 5.46. The average molecular weight is 463 g/mol. The minimum absolute atomic E-state index is 0.0790. The summed E-state index contributed by atoms with van der Waals surface area (Å²) in [5.74, 6) is 2.26. The fourth-order valence-electron chi connectivity index (χ4n) is 5.22. The predicted molar refractivity (Wildman–Crippen MR) is 134 cm³/mol. The Hall–Kier alpha value is -2.84. The number of hydrogen-bond donors (Lipinski definition) is 1. The number of benzene rings is 1. The highest BCUT2D eigenvalue weighted by molar-refractivity contribution is 7.17. The molecule has 1 aliphatic heterocycles. The number of aryl methyl sites for hydroxylation is 1. The van der Waals surface area contributed by atoms with Gasteiger partial charge < -0.3 is 14.6 Å². The SMILES string of the molecule is Cc1ncc(-c2ccc(-c3ccc(N(C)C4CC(C)(C)NC(C)(C)C4)nn3)c3scnc23)o1. The van der Waals surface area contributed by atoms with Gasteiger partial charge in [0.15, 0.2) is 17.5 Å². The number of thiazole rings is 1. The highest BCUT2D eigenvalue weighted by Crippen LogP contribution is 2.37. The maximum Gasteiger partial charge on any atom is 0.191 e. The van der Waals surface area contributed by atoms with Gasteiger partial charge in [0.25, 0.3) is 0 Å². The van der Waals surface area contributed by atoms with Gasteiger partial charge >= 0.3 is 0 Å². The number of nitrogens with one attached hydrogen (secondary N) is 1. The highest BCUT2D eigenvalue weighted by Gasteiger charge is 2.39. The van der Waals surface area contributed by atoms with Crippen LogP contribution in [0.1, 0.15) is 46.4 Å². The molecule has 8 heteroatoms. The van der Waals surface area contributed by atoms with Crippen LogP contribution in [0.5, 0.6) is 0 Å². The fourth-order valence-corrected chi connectivity index (χ4v) is 6.06. The molecule has 1 aliphatic rings. The Balaban J connectivity index is 1.44. The van der Waals surface area contributed by atoms with Crippen molar-refractivity contribution in [3.63, 3.8) is 0 Å². The molecule has 0 atom stereocenters. The summed E-state index contributed by atoms with van der Waals surface area (Å²) in [6, 6.07) is 8.62. The van der Waals surface area contributed by atoms with E-state index in [1.807, 2.05) is 18.5 Å². The van der Waals surface area contributed by atoms with E-state index in [2.05, 4.69) is 83.3 Å². The molecular weight excluding hydrogens is 432 g/mol. The molecule has 0 amide bonds. The minimum Gasteiger partial charge on any atom is -0.441 e. The molecule has 0 saturated carbocycles. The van der Waals surface area contributed by atoms with Gasteiger partial charge in [0.1, 0.15) is 0 Å². The van der Waals surface area contributed by atoms with E-state index in [-0.39, 0.29) is 11.1 Å². The van der Waals surface area contributed by atoms with Gasteiger partial charge in [-0.3, -0.25) is 0 Å². The van der Waals surface area contributed by atoms with Crippen LogP contribution in [0.25, 0.3) is 32.8 Å². The quantitative estimate of drug-likeness (QED) is 0.431. The average Bonchev–Trinajstić information content (AvgIpc) is 3.40. The molecule has 0 radical (unpaired) electrons. The van der Waals surface area contributed by atoms with Crippen LogP contribution in [0.15, 0.2) is 40.4 Å². The van der Waals surface area contributed by atoms with E-state index in [0.717, 1.165) is 51.5 Å². The maximum absolute atomic E-state index is 5.74. The second-order valence-corrected chi connectivity index (χ2v) is 11.1. The van der Waals surface area contributed by atoms with E-state index in [4.69, 9.17) is 4.42 Å². The van der Waals surface area contributed by atoms with Crippen LogP contribution in [-0.4, -0.2) is 44.3 Å². The number of rotatable bonds is 4. The zero-order chi connectivity index (χ0) is 23.4. The number of hydrogen-bond acceptors (Lipinski definition) is 8. The smallest absolute Gasteiger partial charge is 0.191 e. The third-order valence-corrected chi connectivity index (χ3v) is 7.23. The summed E-state index contributed by atoms with van der Waals surface area (Å²) in [4.78, 5) is 11.1. The first-order chi connectivity index (χ1) is 15.6. The van der Waals surface area contributed by atoms with E-state index in [1.165, 1.54) is 0 Å². The van der Waals surface area contributed by atoms with Crippen LogP contribution >= 0.6 is 11.3 Å². The van der Waals surface area contributed by atoms with Crippen molar-refractivity contribution in [2.45, 2.75) is 64.6 Å². The third-order valence-electron chi connectivity index (χ3n) is 6.37. The number of nitrogens with zero attached hydrogens (tertiary/aromatic N) is 5. The molecule has 3 aromatic heterocycles. The summed E-state index contributed by atoms with van der Waals surface area (Å²) in [6.07, 6.45) is 3.86. The summed E-state index contributed by atoms with van der Waals surface area (Å²) in [6.45, 7) is 10.9. The maximum atomic E-state index is 5.74. The monoisotopic (exact) mass is 462 g/mol. The summed E-state index contributed by atoms with van der Waals surface area (Å²) in [7, 11) is 2.13. The summed E-state index contributed by atoms with van der Waals surface area (Å²) in [5, 5.41) is 13.0. The van der Waals surface area contributed by atoms with Crippen molar-refractivity contribution in [3.8, 4) is 22.6 Å². The third kappa shape index (κ3) is 4.25. The van der Waals surface area contributed by atoms with Gasteiger partial charge in [0.05, 0.1) is 27.6 Å². The van der Waals surface area contributed by atoms with Crippen molar-refractivity contribution < 1.29 is 4.42 Å². The lowest BCUT2D eigenvalue weighted by Gasteiger charge is -2.49. The summed E-state index contributed by atoms with van der Waals surface area (Å²) in [5.41, 5.74) is 5.72. The molecule has 7 nitrogen and oxygen atoms in total. The number of oxazole rings is 1. The number of piperidine rings is 1. The Morgan fingerprint density at radius 3 is 2.36 bits per heavy atom. The van der Waals surface area contributed by atoms with Crippen LogP contribution in [0, 0.1) is 6.92 Å². The van der Waals surface area contributed by atoms with Crippen LogP contribution in [0.3, 0.4) is 0 Å². The largest absolute Gasteiger partial charge is 0.441 e. The van der Waals surface area contributed by atoms with E-state index in [1.54, 1.807) is 17.5 Å². The molecule has 1 saturated heterocycles. The lowest BCUT2D eigenvalue weighted by molar-refractivity contribution is 0.160. The first kappa shape index (κ1) is 22.0. The molecule has 0 unspecified atom stereocenters. The Bertz CT molecular complexity index is 1270. The summed E-state index contributed by atoms with van der Waals surface area (Å²) < 4.78 is 6.81. The highest BCUT2D eigenvalue weighted by atomic mass is 32.1. The first-order valence-electron chi connectivity index (χ1n) is 11.3. The molecule has 172 valence electrons. The van der Waals surface area contributed by atoms with Gasteiger partial charge in [-0.1, -0.05) is 6.07 Å². The Kier molecular flexibility index (Phi) is 5.25. The van der Waals surface area contributed by atoms with E-state index < -0.39 is 0 Å². The normalized spacial score (nSPS) is 18.0. The molecule has 33 heavy (non-hydrogen) atoms. The van der Waals surface area contributed by atoms with Crippen molar-refractivity contribution in [1.82, 2.24) is 25.5 Å². The Labute approximate surface area is 198 Å². The molecule has 5 rings (SSSR count). The summed E-state index contributed by atoms with van der Waals surface area (Å²) >= 11 is 1.60. The second kappa shape index (κ2) is 7.88. The van der Waals surface area contributed by atoms with Crippen molar-refractivity contribution >= 4 is 27.4 Å². The zero-order valence-electron chi connectivity index (χ0n) is 20.0. The molecule has 0 bridgehead atoms. The topological polar surface area (TPSA) is 80.0 Å². The molecule has 1 N–H and O–H groups in total. The standard InChI is InChI=1S/C25H30N6OS/c1-15-26-13-20(32-15)18-8-7-17(23-22(18)27-14-33-23)19-9-10-21(29-28-19)31(6)16-11-24(2,3)30-25(4,5)12-16/h7-10,13-14,16,30H,11-12H2,1-6H3. The fraction of sp³-hybridized carbons (Fsp3) is 0.440. The van der Waals surface area contributed by atoms with Gasteiger partial charge in [-0.05, 0) is 58.7 Å². The minimum atomic E-state index is 0.0790. The van der Waals surface area contributed by atoms with Gasteiger partial charge in [-0.2, -0.15) is 0 Å². The lowest BCUT2D eigenvalue weighted by Crippen LogP contribution is -2.62. The number of anilines is 1. The molecule has 4 heterocycles. The van der Waals surface area contributed by atoms with Crippen LogP contribution in [0.2, 0.25) is 0 Å². The van der Waals surface area contributed by atoms with Crippen LogP contribution in [0.4, 0.5) is 5.82 Å². The molecular formula is C25H30N6OS. The van der Waals surface area contributed by atoms with Gasteiger partial charge in [-0.15, -0.1) is 21.5 Å². The van der Waals surface area contributed by atoms with E-state index in [9.17, 15) is 0 Å². The van der Waals surface area contributed by atoms with Gasteiger partial charge in [-0.25, -0.2) is 9.97 Å². The van der Waals surface area contributed by atoms with E-state index >= 15 is 0 Å². The van der Waals surface area contributed by atoms with Crippen molar-refractivity contribution in [1.29, 1.82) is 0 Å². The van der Waals surface area contributed by atoms with Crippen LogP contribution < -0.4 is 10.2 Å². The number of aromatic nitrogens is 4. The number of fused-ring (bicyclic) bond motifs is 1. The molecule has 1 aromatic carbocycles. The van der Waals surface area contributed by atoms with Crippen molar-refractivity contribution in [2.75, 3.05) is 11.9 Å².